The molecule has 0 atom stereocenters. The van der Waals surface area contributed by atoms with E-state index in [9.17, 15) is 13.2 Å². The molecule has 6 nitrogen and oxygen atoms in total. The van der Waals surface area contributed by atoms with E-state index in [4.69, 9.17) is 11.6 Å². The van der Waals surface area contributed by atoms with Crippen LogP contribution in [-0.2, 0) is 14.8 Å². The first-order chi connectivity index (χ1) is 16.4. The third-order valence-corrected chi connectivity index (χ3v) is 8.31. The highest BCUT2D eigenvalue weighted by atomic mass is 35.5. The monoisotopic (exact) mass is 507 g/mol. The van der Waals surface area contributed by atoms with Crippen molar-refractivity contribution in [2.75, 3.05) is 11.1 Å². The van der Waals surface area contributed by atoms with Gasteiger partial charge in [0.15, 0.2) is 5.16 Å². The van der Waals surface area contributed by atoms with Crippen molar-refractivity contribution in [3.63, 3.8) is 0 Å². The summed E-state index contributed by atoms with van der Waals surface area (Å²) in [6.45, 7) is 0. The Morgan fingerprint density at radius 2 is 1.62 bits per heavy atom. The maximum atomic E-state index is 13.7. The Morgan fingerprint density at radius 1 is 0.912 bits per heavy atom. The molecule has 5 aromatic rings. The van der Waals surface area contributed by atoms with Crippen LogP contribution in [0.1, 0.15) is 0 Å². The van der Waals surface area contributed by atoms with E-state index in [0.717, 1.165) is 22.5 Å². The fraction of sp³-hybridized carbons (Fsp3) is 0.0400. The summed E-state index contributed by atoms with van der Waals surface area (Å²) in [5.74, 6) is -0.360. The number of nitrogens with one attached hydrogen (secondary N) is 1. The van der Waals surface area contributed by atoms with E-state index in [1.807, 2.05) is 24.3 Å². The van der Waals surface area contributed by atoms with Gasteiger partial charge in [-0.25, -0.2) is 17.4 Å². The predicted octanol–water partition coefficient (Wildman–Crippen LogP) is 5.81. The molecule has 0 bridgehead atoms. The highest BCUT2D eigenvalue weighted by Crippen LogP contribution is 2.30. The van der Waals surface area contributed by atoms with Crippen LogP contribution < -0.4 is 5.32 Å². The molecule has 9 heteroatoms. The number of thioether (sulfide) groups is 1. The van der Waals surface area contributed by atoms with Crippen molar-refractivity contribution >= 4 is 66.8 Å². The smallest absolute Gasteiger partial charge is 0.270 e. The van der Waals surface area contributed by atoms with Crippen LogP contribution in [0.4, 0.5) is 5.69 Å². The molecule has 0 aliphatic heterocycles. The van der Waals surface area contributed by atoms with Crippen LogP contribution in [0.15, 0.2) is 101 Å². The molecule has 0 radical (unpaired) electrons. The van der Waals surface area contributed by atoms with Crippen molar-refractivity contribution in [1.29, 1.82) is 0 Å². The van der Waals surface area contributed by atoms with E-state index in [1.165, 1.54) is 3.97 Å². The number of rotatable bonds is 6. The summed E-state index contributed by atoms with van der Waals surface area (Å²) in [4.78, 5) is 17.2. The zero-order valence-electron chi connectivity index (χ0n) is 17.7. The Hall–Kier alpha value is -3.33. The van der Waals surface area contributed by atoms with Gasteiger partial charge >= 0.3 is 0 Å². The number of nitrogens with zero attached hydrogens (tertiary/aromatic N) is 2. The maximum absolute atomic E-state index is 13.7. The molecule has 1 aromatic heterocycles. The molecule has 0 fully saturated rings. The van der Waals surface area contributed by atoms with Gasteiger partial charge in [-0.15, -0.1) is 0 Å². The van der Waals surface area contributed by atoms with Crippen LogP contribution in [0.2, 0.25) is 5.02 Å². The fourth-order valence-electron chi connectivity index (χ4n) is 3.62. The van der Waals surface area contributed by atoms with Crippen molar-refractivity contribution in [2.24, 2.45) is 0 Å². The van der Waals surface area contributed by atoms with Gasteiger partial charge in [-0.05, 0) is 47.2 Å². The van der Waals surface area contributed by atoms with Crippen LogP contribution in [0, 0.1) is 0 Å². The van der Waals surface area contributed by atoms with E-state index in [0.29, 0.717) is 21.7 Å². The van der Waals surface area contributed by atoms with E-state index >= 15 is 0 Å². The van der Waals surface area contributed by atoms with E-state index < -0.39 is 10.0 Å². The normalized spacial score (nSPS) is 11.7. The van der Waals surface area contributed by atoms with Gasteiger partial charge in [0.25, 0.3) is 10.0 Å². The minimum atomic E-state index is -3.98. The molecule has 0 aliphatic carbocycles. The summed E-state index contributed by atoms with van der Waals surface area (Å²) in [5, 5.41) is 5.15. The Balaban J connectivity index is 1.50. The second-order valence-electron chi connectivity index (χ2n) is 7.48. The number of carbonyl (C=O) groups is 1. The first-order valence-electron chi connectivity index (χ1n) is 10.3. The predicted molar refractivity (Wildman–Crippen MR) is 137 cm³/mol. The summed E-state index contributed by atoms with van der Waals surface area (Å²) in [5.41, 5.74) is 1.47. The zero-order chi connectivity index (χ0) is 23.7. The summed E-state index contributed by atoms with van der Waals surface area (Å²) in [7, 11) is -3.98. The highest BCUT2D eigenvalue weighted by Gasteiger charge is 2.25. The Bertz CT molecular complexity index is 1650. The minimum Gasteiger partial charge on any atom is -0.324 e. The van der Waals surface area contributed by atoms with Gasteiger partial charge in [0, 0.05) is 0 Å². The second-order valence-corrected chi connectivity index (χ2v) is 10.6. The van der Waals surface area contributed by atoms with Gasteiger partial charge in [0.05, 0.1) is 32.4 Å². The third-order valence-electron chi connectivity index (χ3n) is 5.23. The number of para-hydroxylation sites is 3. The number of benzene rings is 4. The SMILES string of the molecule is O=C(CSc1nc2ccccc2n1S(=O)(=O)c1ccc2ccccc2c1)Nc1ccccc1Cl. The summed E-state index contributed by atoms with van der Waals surface area (Å²) >= 11 is 7.16. The molecule has 0 unspecified atom stereocenters. The quantitative estimate of drug-likeness (QED) is 0.293. The molecule has 1 amide bonds. The Labute approximate surface area is 205 Å². The first kappa shape index (κ1) is 22.5. The van der Waals surface area contributed by atoms with Gasteiger partial charge in [-0.3, -0.25) is 4.79 Å². The number of amides is 1. The lowest BCUT2D eigenvalue weighted by Crippen LogP contribution is -2.17. The molecule has 170 valence electrons. The number of hydrogen-bond acceptors (Lipinski definition) is 5. The van der Waals surface area contributed by atoms with Gasteiger partial charge in [-0.1, -0.05) is 78.0 Å². The average molecular weight is 508 g/mol. The van der Waals surface area contributed by atoms with Crippen molar-refractivity contribution in [3.8, 4) is 0 Å². The van der Waals surface area contributed by atoms with Crippen LogP contribution in [0.3, 0.4) is 0 Å². The van der Waals surface area contributed by atoms with E-state index in [1.54, 1.807) is 66.7 Å². The maximum Gasteiger partial charge on any atom is 0.270 e. The molecule has 1 heterocycles. The lowest BCUT2D eigenvalue weighted by Gasteiger charge is -2.11. The van der Waals surface area contributed by atoms with E-state index in [2.05, 4.69) is 10.3 Å². The van der Waals surface area contributed by atoms with Crippen LogP contribution in [-0.4, -0.2) is 29.0 Å². The number of carbonyl (C=O) groups excluding carboxylic acids is 1. The second kappa shape index (κ2) is 9.13. The summed E-state index contributed by atoms with van der Waals surface area (Å²) in [6, 6.07) is 26.5. The molecular formula is C25H18ClN3O3S2. The van der Waals surface area contributed by atoms with Gasteiger partial charge in [-0.2, -0.15) is 0 Å². The number of imidazole rings is 1. The molecule has 0 saturated heterocycles. The summed E-state index contributed by atoms with van der Waals surface area (Å²) in [6.07, 6.45) is 0. The molecule has 5 rings (SSSR count). The summed E-state index contributed by atoms with van der Waals surface area (Å²) < 4.78 is 28.7. The van der Waals surface area contributed by atoms with Crippen molar-refractivity contribution in [3.05, 3.63) is 96.0 Å². The number of halogens is 1. The van der Waals surface area contributed by atoms with Gasteiger partial charge in [0.2, 0.25) is 5.91 Å². The third kappa shape index (κ3) is 4.27. The molecule has 1 N–H and O–H groups in total. The van der Waals surface area contributed by atoms with Crippen LogP contribution in [0.25, 0.3) is 21.8 Å². The standard InChI is InChI=1S/C25H18ClN3O3S2/c26-20-9-3-4-10-21(20)27-24(30)16-33-25-28-22-11-5-6-12-23(22)29(25)34(31,32)19-14-13-17-7-1-2-8-18(17)15-19/h1-15H,16H2,(H,27,30). The van der Waals surface area contributed by atoms with Gasteiger partial charge < -0.3 is 5.32 Å². The number of hydrogen-bond donors (Lipinski definition) is 1. The Kier molecular flexibility index (Phi) is 6.03. The largest absolute Gasteiger partial charge is 0.324 e. The molecular weight excluding hydrogens is 490 g/mol. The first-order valence-corrected chi connectivity index (χ1v) is 13.1. The molecule has 0 aliphatic rings. The molecule has 0 saturated carbocycles. The highest BCUT2D eigenvalue weighted by molar-refractivity contribution is 8.00. The zero-order valence-corrected chi connectivity index (χ0v) is 20.1. The van der Waals surface area contributed by atoms with Crippen molar-refractivity contribution in [1.82, 2.24) is 8.96 Å². The Morgan fingerprint density at radius 3 is 2.44 bits per heavy atom. The average Bonchev–Trinajstić information content (AvgIpc) is 3.23. The fourth-order valence-corrected chi connectivity index (χ4v) is 6.35. The van der Waals surface area contributed by atoms with Gasteiger partial charge in [0.1, 0.15) is 0 Å². The number of fused-ring (bicyclic) bond motifs is 2. The van der Waals surface area contributed by atoms with Crippen LogP contribution >= 0.6 is 23.4 Å². The molecule has 0 spiro atoms. The van der Waals surface area contributed by atoms with Crippen LogP contribution in [0.5, 0.6) is 0 Å². The lowest BCUT2D eigenvalue weighted by molar-refractivity contribution is -0.113. The van der Waals surface area contributed by atoms with E-state index in [-0.39, 0.29) is 21.7 Å². The lowest BCUT2D eigenvalue weighted by atomic mass is 10.1. The number of anilines is 1. The van der Waals surface area contributed by atoms with Crippen molar-refractivity contribution in [2.45, 2.75) is 10.1 Å². The minimum absolute atomic E-state index is 0.0399. The topological polar surface area (TPSA) is 81.1 Å². The number of aromatic nitrogens is 2. The molecule has 4 aromatic carbocycles. The molecule has 34 heavy (non-hydrogen) atoms. The van der Waals surface area contributed by atoms with Crippen molar-refractivity contribution < 1.29 is 13.2 Å².